The first-order valence-corrected chi connectivity index (χ1v) is 5.76. The van der Waals surface area contributed by atoms with E-state index in [0.29, 0.717) is 13.0 Å². The van der Waals surface area contributed by atoms with Gasteiger partial charge in [-0.15, -0.1) is 0 Å². The molecule has 1 unspecified atom stereocenters. The maximum absolute atomic E-state index is 11.8. The molecule has 3 nitrogen and oxygen atoms in total. The van der Waals surface area contributed by atoms with Gasteiger partial charge in [-0.25, -0.2) is 0 Å². The molecule has 1 atom stereocenters. The van der Waals surface area contributed by atoms with Crippen LogP contribution >= 0.6 is 0 Å². The van der Waals surface area contributed by atoms with Gasteiger partial charge in [-0.1, -0.05) is 32.9 Å². The lowest BCUT2D eigenvalue weighted by Gasteiger charge is -2.25. The van der Waals surface area contributed by atoms with Crippen LogP contribution in [-0.2, 0) is 4.79 Å². The van der Waals surface area contributed by atoms with Crippen molar-refractivity contribution in [3.05, 3.63) is 12.2 Å². The van der Waals surface area contributed by atoms with Gasteiger partial charge < -0.3 is 10.6 Å². The average molecular weight is 226 g/mol. The number of hydrogen-bond acceptors (Lipinski definition) is 2. The van der Waals surface area contributed by atoms with E-state index in [1.807, 2.05) is 6.92 Å². The molecule has 2 N–H and O–H groups in total. The summed E-state index contributed by atoms with van der Waals surface area (Å²) in [5, 5.41) is 0. The fraction of sp³-hybridized carbons (Fsp3) is 0.769. The van der Waals surface area contributed by atoms with Crippen molar-refractivity contribution in [2.24, 2.45) is 11.1 Å². The van der Waals surface area contributed by atoms with Crippen molar-refractivity contribution >= 4 is 5.91 Å². The summed E-state index contributed by atoms with van der Waals surface area (Å²) in [6.45, 7) is 12.7. The predicted octanol–water partition coefficient (Wildman–Crippen LogP) is 2.17. The van der Waals surface area contributed by atoms with Crippen LogP contribution in [-0.4, -0.2) is 30.4 Å². The highest BCUT2D eigenvalue weighted by molar-refractivity contribution is 5.76. The molecule has 0 aliphatic carbocycles. The third-order valence-electron chi connectivity index (χ3n) is 2.24. The number of likely N-dealkylation sites (N-methyl/N-ethyl adjacent to an activating group) is 1. The van der Waals surface area contributed by atoms with Crippen LogP contribution < -0.4 is 5.73 Å². The van der Waals surface area contributed by atoms with Crippen LogP contribution in [0.4, 0.5) is 0 Å². The minimum Gasteiger partial charge on any atom is -0.342 e. The average Bonchev–Trinajstić information content (AvgIpc) is 1.98. The summed E-state index contributed by atoms with van der Waals surface area (Å²) in [6, 6.07) is -0.0555. The zero-order chi connectivity index (χ0) is 12.9. The number of carbonyl (C=O) groups excluding carboxylic acids is 1. The third-order valence-corrected chi connectivity index (χ3v) is 2.24. The van der Waals surface area contributed by atoms with E-state index in [9.17, 15) is 4.79 Å². The molecule has 0 heterocycles. The molecule has 1 amide bonds. The molecular formula is C13H26N2O. The molecule has 0 aromatic heterocycles. The molecule has 94 valence electrons. The quantitative estimate of drug-likeness (QED) is 0.730. The second-order valence-electron chi connectivity index (χ2n) is 5.94. The Kier molecular flexibility index (Phi) is 5.73. The van der Waals surface area contributed by atoms with Gasteiger partial charge in [-0.2, -0.15) is 0 Å². The van der Waals surface area contributed by atoms with E-state index in [0.717, 1.165) is 12.0 Å². The van der Waals surface area contributed by atoms with Crippen LogP contribution in [0.1, 0.15) is 40.5 Å². The molecule has 0 aromatic carbocycles. The number of carbonyl (C=O) groups is 1. The zero-order valence-electron chi connectivity index (χ0n) is 11.3. The van der Waals surface area contributed by atoms with Crippen molar-refractivity contribution in [1.29, 1.82) is 0 Å². The maximum atomic E-state index is 11.8. The van der Waals surface area contributed by atoms with Crippen LogP contribution in [0.15, 0.2) is 12.2 Å². The number of hydrogen-bond donors (Lipinski definition) is 1. The molecule has 0 radical (unpaired) electrons. The molecule has 0 rings (SSSR count). The lowest BCUT2D eigenvalue weighted by molar-refractivity contribution is -0.130. The first-order chi connectivity index (χ1) is 7.11. The number of nitrogens with two attached hydrogens (primary N) is 1. The van der Waals surface area contributed by atoms with Gasteiger partial charge in [0.15, 0.2) is 0 Å². The van der Waals surface area contributed by atoms with E-state index < -0.39 is 0 Å². The third kappa shape index (κ3) is 7.46. The molecule has 0 saturated heterocycles. The van der Waals surface area contributed by atoms with E-state index in [2.05, 4.69) is 27.4 Å². The molecule has 0 spiro atoms. The van der Waals surface area contributed by atoms with Gasteiger partial charge in [0.1, 0.15) is 0 Å². The second kappa shape index (κ2) is 6.04. The van der Waals surface area contributed by atoms with Gasteiger partial charge in [0.2, 0.25) is 5.91 Å². The standard InChI is InChI=1S/C13H26N2O/c1-10(2)9-15(6)12(16)7-11(14)8-13(3,4)5/h11H,1,7-9,14H2,2-6H3. The highest BCUT2D eigenvalue weighted by atomic mass is 16.2. The summed E-state index contributed by atoms with van der Waals surface area (Å²) in [4.78, 5) is 13.5. The van der Waals surface area contributed by atoms with Crippen LogP contribution in [0.3, 0.4) is 0 Å². The van der Waals surface area contributed by atoms with Gasteiger partial charge in [0.25, 0.3) is 0 Å². The highest BCUT2D eigenvalue weighted by Crippen LogP contribution is 2.21. The van der Waals surface area contributed by atoms with Crippen LogP contribution in [0, 0.1) is 5.41 Å². The fourth-order valence-electron chi connectivity index (χ4n) is 1.73. The van der Waals surface area contributed by atoms with Crippen molar-refractivity contribution in [1.82, 2.24) is 4.90 Å². The monoisotopic (exact) mass is 226 g/mol. The van der Waals surface area contributed by atoms with E-state index >= 15 is 0 Å². The minimum atomic E-state index is -0.0555. The topological polar surface area (TPSA) is 46.3 Å². The van der Waals surface area contributed by atoms with Crippen LogP contribution in [0.2, 0.25) is 0 Å². The number of rotatable bonds is 5. The second-order valence-corrected chi connectivity index (χ2v) is 5.94. The molecule has 0 bridgehead atoms. The van der Waals surface area contributed by atoms with Crippen molar-refractivity contribution in [2.45, 2.75) is 46.6 Å². The summed E-state index contributed by atoms with van der Waals surface area (Å²) >= 11 is 0. The van der Waals surface area contributed by atoms with Gasteiger partial charge in [0, 0.05) is 26.1 Å². The lowest BCUT2D eigenvalue weighted by atomic mass is 9.87. The van der Waals surface area contributed by atoms with Crippen LogP contribution in [0.5, 0.6) is 0 Å². The molecule has 3 heteroatoms. The van der Waals surface area contributed by atoms with Crippen molar-refractivity contribution in [3.8, 4) is 0 Å². The number of nitrogens with zero attached hydrogens (tertiary/aromatic N) is 1. The molecule has 0 aromatic rings. The Labute approximate surface area is 99.7 Å². The summed E-state index contributed by atoms with van der Waals surface area (Å²) in [5.74, 6) is 0.0970. The lowest BCUT2D eigenvalue weighted by Crippen LogP contribution is -2.35. The van der Waals surface area contributed by atoms with E-state index in [4.69, 9.17) is 5.73 Å². The molecule has 0 aliphatic heterocycles. The summed E-state index contributed by atoms with van der Waals surface area (Å²) in [5.41, 5.74) is 7.12. The smallest absolute Gasteiger partial charge is 0.224 e. The van der Waals surface area contributed by atoms with Gasteiger partial charge in [0.05, 0.1) is 0 Å². The summed E-state index contributed by atoms with van der Waals surface area (Å²) < 4.78 is 0. The Morgan fingerprint density at radius 3 is 2.31 bits per heavy atom. The Balaban J connectivity index is 4.09. The molecule has 16 heavy (non-hydrogen) atoms. The number of amides is 1. The first-order valence-electron chi connectivity index (χ1n) is 5.76. The summed E-state index contributed by atoms with van der Waals surface area (Å²) in [7, 11) is 1.79. The highest BCUT2D eigenvalue weighted by Gasteiger charge is 2.19. The maximum Gasteiger partial charge on any atom is 0.224 e. The Morgan fingerprint density at radius 2 is 1.94 bits per heavy atom. The molecule has 0 fully saturated rings. The molecule has 0 aliphatic rings. The molecular weight excluding hydrogens is 200 g/mol. The van der Waals surface area contributed by atoms with Crippen molar-refractivity contribution in [3.63, 3.8) is 0 Å². The van der Waals surface area contributed by atoms with E-state index in [-0.39, 0.29) is 17.4 Å². The van der Waals surface area contributed by atoms with E-state index in [1.54, 1.807) is 11.9 Å². The van der Waals surface area contributed by atoms with Gasteiger partial charge in [-0.05, 0) is 18.8 Å². The predicted molar refractivity (Wildman–Crippen MR) is 69.1 cm³/mol. The Morgan fingerprint density at radius 1 is 1.44 bits per heavy atom. The normalized spacial score (nSPS) is 13.4. The van der Waals surface area contributed by atoms with E-state index in [1.165, 1.54) is 0 Å². The summed E-state index contributed by atoms with van der Waals surface area (Å²) in [6.07, 6.45) is 1.28. The SMILES string of the molecule is C=C(C)CN(C)C(=O)CC(N)CC(C)(C)C. The van der Waals surface area contributed by atoms with Crippen LogP contribution in [0.25, 0.3) is 0 Å². The van der Waals surface area contributed by atoms with Crippen molar-refractivity contribution < 1.29 is 4.79 Å². The zero-order valence-corrected chi connectivity index (χ0v) is 11.3. The largest absolute Gasteiger partial charge is 0.342 e. The Hall–Kier alpha value is -0.830. The molecule has 0 saturated carbocycles. The Bertz CT molecular complexity index is 253. The minimum absolute atomic E-state index is 0.0555. The van der Waals surface area contributed by atoms with Gasteiger partial charge in [-0.3, -0.25) is 4.79 Å². The van der Waals surface area contributed by atoms with Gasteiger partial charge >= 0.3 is 0 Å². The fourth-order valence-corrected chi connectivity index (χ4v) is 1.73. The first kappa shape index (κ1) is 15.2. The van der Waals surface area contributed by atoms with Crippen molar-refractivity contribution in [2.75, 3.05) is 13.6 Å².